The third-order valence-corrected chi connectivity index (χ3v) is 3.53. The van der Waals surface area contributed by atoms with E-state index in [1.54, 1.807) is 18.3 Å². The van der Waals surface area contributed by atoms with Crippen molar-refractivity contribution in [1.29, 1.82) is 0 Å². The van der Waals surface area contributed by atoms with E-state index in [1.807, 2.05) is 44.2 Å². The molecule has 24 heavy (non-hydrogen) atoms. The number of ether oxygens (including phenoxy) is 2. The monoisotopic (exact) mass is 328 g/mol. The van der Waals surface area contributed by atoms with Crippen LogP contribution in [-0.4, -0.2) is 30.6 Å². The van der Waals surface area contributed by atoms with E-state index in [0.717, 1.165) is 12.0 Å². The van der Waals surface area contributed by atoms with Crippen molar-refractivity contribution < 1.29 is 14.3 Å². The molecule has 0 saturated heterocycles. The van der Waals surface area contributed by atoms with Crippen LogP contribution in [0.3, 0.4) is 0 Å². The number of pyridine rings is 1. The minimum Gasteiger partial charge on any atom is -0.478 e. The molecule has 2 rings (SSSR count). The van der Waals surface area contributed by atoms with Crippen molar-refractivity contribution in [3.8, 4) is 5.88 Å². The molecule has 5 heteroatoms. The first kappa shape index (κ1) is 17.9. The van der Waals surface area contributed by atoms with Crippen molar-refractivity contribution in [2.45, 2.75) is 26.4 Å². The Balaban J connectivity index is 1.68. The summed E-state index contributed by atoms with van der Waals surface area (Å²) in [6, 6.07) is 13.4. The highest BCUT2D eigenvalue weighted by Crippen LogP contribution is 2.15. The topological polar surface area (TPSA) is 60.5 Å². The van der Waals surface area contributed by atoms with E-state index in [0.29, 0.717) is 31.2 Å². The molecule has 0 aliphatic carbocycles. The highest BCUT2D eigenvalue weighted by molar-refractivity contribution is 5.94. The molecule has 0 bridgehead atoms. The van der Waals surface area contributed by atoms with Crippen molar-refractivity contribution in [3.63, 3.8) is 0 Å². The standard InChI is InChI=1S/C19H24N2O3/c1-3-23-18-14-17(10-12-20-18)19(22)21-11-7-13-24-15(2)16-8-5-4-6-9-16/h4-6,8-10,12,14-15H,3,7,11,13H2,1-2H3,(H,21,22). The van der Waals surface area contributed by atoms with Crippen LogP contribution >= 0.6 is 0 Å². The number of hydrogen-bond donors (Lipinski definition) is 1. The van der Waals surface area contributed by atoms with Gasteiger partial charge < -0.3 is 14.8 Å². The molecule has 1 amide bonds. The lowest BCUT2D eigenvalue weighted by Crippen LogP contribution is -2.25. The fourth-order valence-corrected chi connectivity index (χ4v) is 2.23. The second kappa shape index (κ2) is 9.67. The van der Waals surface area contributed by atoms with E-state index in [4.69, 9.17) is 9.47 Å². The molecule has 0 radical (unpaired) electrons. The van der Waals surface area contributed by atoms with E-state index in [2.05, 4.69) is 10.3 Å². The first-order valence-corrected chi connectivity index (χ1v) is 8.24. The molecule has 5 nitrogen and oxygen atoms in total. The SMILES string of the molecule is CCOc1cc(C(=O)NCCCOC(C)c2ccccc2)ccn1. The number of nitrogens with zero attached hydrogens (tertiary/aromatic N) is 1. The number of rotatable bonds is 9. The van der Waals surface area contributed by atoms with Crippen molar-refractivity contribution in [2.75, 3.05) is 19.8 Å². The fraction of sp³-hybridized carbons (Fsp3) is 0.368. The second-order valence-electron chi connectivity index (χ2n) is 5.35. The first-order chi connectivity index (χ1) is 11.7. The molecule has 1 N–H and O–H groups in total. The van der Waals surface area contributed by atoms with Crippen LogP contribution in [0, 0.1) is 0 Å². The number of carbonyl (C=O) groups excluding carboxylic acids is 1. The van der Waals surface area contributed by atoms with Crippen LogP contribution in [0.5, 0.6) is 5.88 Å². The average Bonchev–Trinajstić information content (AvgIpc) is 2.62. The maximum absolute atomic E-state index is 12.1. The van der Waals surface area contributed by atoms with Crippen LogP contribution in [0.15, 0.2) is 48.7 Å². The predicted octanol–water partition coefficient (Wildman–Crippen LogP) is 3.38. The molecule has 1 aromatic carbocycles. The summed E-state index contributed by atoms with van der Waals surface area (Å²) in [4.78, 5) is 16.1. The minimum atomic E-state index is -0.130. The van der Waals surface area contributed by atoms with E-state index < -0.39 is 0 Å². The van der Waals surface area contributed by atoms with Gasteiger partial charge in [-0.3, -0.25) is 4.79 Å². The molecule has 2 aromatic rings. The number of amides is 1. The lowest BCUT2D eigenvalue weighted by atomic mass is 10.1. The Morgan fingerprint density at radius 2 is 2.04 bits per heavy atom. The van der Waals surface area contributed by atoms with Crippen LogP contribution in [0.1, 0.15) is 42.3 Å². The van der Waals surface area contributed by atoms with Crippen molar-refractivity contribution in [1.82, 2.24) is 10.3 Å². The van der Waals surface area contributed by atoms with Gasteiger partial charge in [-0.05, 0) is 31.9 Å². The van der Waals surface area contributed by atoms with Gasteiger partial charge in [0.05, 0.1) is 12.7 Å². The van der Waals surface area contributed by atoms with Gasteiger partial charge >= 0.3 is 0 Å². The first-order valence-electron chi connectivity index (χ1n) is 8.24. The summed E-state index contributed by atoms with van der Waals surface area (Å²) < 4.78 is 11.1. The molecule has 0 aliphatic heterocycles. The van der Waals surface area contributed by atoms with Gasteiger partial charge in [-0.15, -0.1) is 0 Å². The van der Waals surface area contributed by atoms with E-state index in [1.165, 1.54) is 0 Å². The summed E-state index contributed by atoms with van der Waals surface area (Å²) in [5.41, 5.74) is 1.70. The Hall–Kier alpha value is -2.40. The number of carbonyl (C=O) groups is 1. The third kappa shape index (κ3) is 5.66. The molecule has 1 aromatic heterocycles. The Kier molecular flexibility index (Phi) is 7.23. The van der Waals surface area contributed by atoms with Gasteiger partial charge in [0.2, 0.25) is 5.88 Å². The average molecular weight is 328 g/mol. The number of aromatic nitrogens is 1. The summed E-state index contributed by atoms with van der Waals surface area (Å²) in [6.07, 6.45) is 2.38. The second-order valence-corrected chi connectivity index (χ2v) is 5.35. The predicted molar refractivity (Wildman–Crippen MR) is 93.2 cm³/mol. The molecular formula is C19H24N2O3. The lowest BCUT2D eigenvalue weighted by molar-refractivity contribution is 0.0635. The van der Waals surface area contributed by atoms with E-state index in [9.17, 15) is 4.79 Å². The summed E-state index contributed by atoms with van der Waals surface area (Å²) >= 11 is 0. The Morgan fingerprint density at radius 1 is 1.25 bits per heavy atom. The number of benzene rings is 1. The molecule has 1 heterocycles. The van der Waals surface area contributed by atoms with Crippen molar-refractivity contribution >= 4 is 5.91 Å². The van der Waals surface area contributed by atoms with Crippen molar-refractivity contribution in [2.24, 2.45) is 0 Å². The molecule has 0 aliphatic rings. The molecule has 1 unspecified atom stereocenters. The van der Waals surface area contributed by atoms with Crippen LogP contribution in [0.4, 0.5) is 0 Å². The maximum atomic E-state index is 12.1. The Labute approximate surface area is 143 Å². The molecule has 1 atom stereocenters. The largest absolute Gasteiger partial charge is 0.478 e. The highest BCUT2D eigenvalue weighted by Gasteiger charge is 2.08. The van der Waals surface area contributed by atoms with Gasteiger partial charge in [0, 0.05) is 31.0 Å². The van der Waals surface area contributed by atoms with Gasteiger partial charge in [0.1, 0.15) is 0 Å². The number of hydrogen-bond acceptors (Lipinski definition) is 4. The van der Waals surface area contributed by atoms with Gasteiger partial charge in [0.15, 0.2) is 0 Å². The molecular weight excluding hydrogens is 304 g/mol. The maximum Gasteiger partial charge on any atom is 0.251 e. The van der Waals surface area contributed by atoms with Crippen LogP contribution in [0.25, 0.3) is 0 Å². The summed E-state index contributed by atoms with van der Waals surface area (Å²) in [5.74, 6) is 0.333. The lowest BCUT2D eigenvalue weighted by Gasteiger charge is -2.13. The van der Waals surface area contributed by atoms with Crippen LogP contribution in [0.2, 0.25) is 0 Å². The summed E-state index contributed by atoms with van der Waals surface area (Å²) in [6.45, 7) is 5.59. The van der Waals surface area contributed by atoms with Gasteiger partial charge in [0.25, 0.3) is 5.91 Å². The Morgan fingerprint density at radius 3 is 2.79 bits per heavy atom. The third-order valence-electron chi connectivity index (χ3n) is 3.53. The minimum absolute atomic E-state index is 0.0517. The number of nitrogens with one attached hydrogen (secondary N) is 1. The van der Waals surface area contributed by atoms with E-state index >= 15 is 0 Å². The molecule has 0 saturated carbocycles. The fourth-order valence-electron chi connectivity index (χ4n) is 2.23. The quantitative estimate of drug-likeness (QED) is 0.717. The van der Waals surface area contributed by atoms with Crippen molar-refractivity contribution in [3.05, 3.63) is 59.8 Å². The van der Waals surface area contributed by atoms with E-state index in [-0.39, 0.29) is 12.0 Å². The zero-order chi connectivity index (χ0) is 17.2. The molecule has 0 spiro atoms. The van der Waals surface area contributed by atoms with Gasteiger partial charge in [-0.1, -0.05) is 30.3 Å². The zero-order valence-electron chi connectivity index (χ0n) is 14.2. The molecule has 128 valence electrons. The van der Waals surface area contributed by atoms with Gasteiger partial charge in [-0.2, -0.15) is 0 Å². The normalized spacial score (nSPS) is 11.8. The highest BCUT2D eigenvalue weighted by atomic mass is 16.5. The zero-order valence-corrected chi connectivity index (χ0v) is 14.2. The summed E-state index contributed by atoms with van der Waals surface area (Å²) in [5, 5.41) is 2.88. The smallest absolute Gasteiger partial charge is 0.251 e. The Bertz CT molecular complexity index is 632. The molecule has 0 fully saturated rings. The van der Waals surface area contributed by atoms with Gasteiger partial charge in [-0.25, -0.2) is 4.98 Å². The van der Waals surface area contributed by atoms with Crippen LogP contribution < -0.4 is 10.1 Å². The van der Waals surface area contributed by atoms with Crippen LogP contribution in [-0.2, 0) is 4.74 Å². The summed E-state index contributed by atoms with van der Waals surface area (Å²) in [7, 11) is 0.